The van der Waals surface area contributed by atoms with Crippen LogP contribution in [0.5, 0.6) is 0 Å². The van der Waals surface area contributed by atoms with Crippen LogP contribution in [0.25, 0.3) is 0 Å². The summed E-state index contributed by atoms with van der Waals surface area (Å²) >= 11 is 6.28. The maximum absolute atomic E-state index is 6.28. The highest BCUT2D eigenvalue weighted by Gasteiger charge is 2.11. The first kappa shape index (κ1) is 13.8. The second-order valence-corrected chi connectivity index (χ2v) is 4.90. The second kappa shape index (κ2) is 6.04. The molecule has 0 saturated carbocycles. The van der Waals surface area contributed by atoms with Gasteiger partial charge in [-0.1, -0.05) is 11.6 Å². The van der Waals surface area contributed by atoms with Crippen molar-refractivity contribution < 1.29 is 0 Å². The molecule has 0 unspecified atom stereocenters. The van der Waals surface area contributed by atoms with E-state index >= 15 is 0 Å². The van der Waals surface area contributed by atoms with Crippen molar-refractivity contribution in [3.63, 3.8) is 0 Å². The van der Waals surface area contributed by atoms with Crippen LogP contribution >= 0.6 is 11.6 Å². The first-order valence-corrected chi connectivity index (χ1v) is 6.46. The number of hydrogen-bond donors (Lipinski definition) is 1. The van der Waals surface area contributed by atoms with Crippen LogP contribution in [0.3, 0.4) is 0 Å². The molecule has 0 atom stereocenters. The van der Waals surface area contributed by atoms with E-state index in [1.54, 1.807) is 6.20 Å². The Labute approximate surface area is 118 Å². The van der Waals surface area contributed by atoms with E-state index in [2.05, 4.69) is 15.3 Å². The van der Waals surface area contributed by atoms with Crippen LogP contribution in [0, 0.1) is 0 Å². The van der Waals surface area contributed by atoms with Crippen molar-refractivity contribution in [1.82, 2.24) is 19.9 Å². The van der Waals surface area contributed by atoms with Gasteiger partial charge in [0.15, 0.2) is 0 Å². The lowest BCUT2D eigenvalue weighted by atomic mass is 10.2. The molecular weight excluding hydrogens is 262 g/mol. The van der Waals surface area contributed by atoms with Gasteiger partial charge < -0.3 is 14.8 Å². The molecular formula is C13H18ClN5. The van der Waals surface area contributed by atoms with Crippen molar-refractivity contribution in [3.8, 4) is 0 Å². The summed E-state index contributed by atoms with van der Waals surface area (Å²) < 4.78 is 1.99. The molecule has 2 aromatic rings. The number of anilines is 1. The Morgan fingerprint density at radius 3 is 2.79 bits per heavy atom. The Morgan fingerprint density at radius 1 is 1.42 bits per heavy atom. The fourth-order valence-electron chi connectivity index (χ4n) is 1.89. The smallest absolute Gasteiger partial charge is 0.147 e. The number of hydrogen-bond acceptors (Lipinski definition) is 4. The van der Waals surface area contributed by atoms with Gasteiger partial charge >= 0.3 is 0 Å². The van der Waals surface area contributed by atoms with E-state index in [0.717, 1.165) is 23.8 Å². The molecule has 0 radical (unpaired) electrons. The van der Waals surface area contributed by atoms with E-state index in [-0.39, 0.29) is 0 Å². The summed E-state index contributed by atoms with van der Waals surface area (Å²) in [5, 5.41) is 3.74. The highest BCUT2D eigenvalue weighted by atomic mass is 35.5. The molecule has 0 spiro atoms. The normalized spacial score (nSPS) is 10.7. The van der Waals surface area contributed by atoms with Crippen LogP contribution in [0.1, 0.15) is 11.4 Å². The molecule has 1 N–H and O–H groups in total. The van der Waals surface area contributed by atoms with Crippen molar-refractivity contribution >= 4 is 17.4 Å². The van der Waals surface area contributed by atoms with E-state index in [1.807, 2.05) is 49.1 Å². The summed E-state index contributed by atoms with van der Waals surface area (Å²) in [6.45, 7) is 1.43. The summed E-state index contributed by atoms with van der Waals surface area (Å²) in [5.74, 6) is 1.74. The fraction of sp³-hybridized carbons (Fsp3) is 0.385. The highest BCUT2D eigenvalue weighted by molar-refractivity contribution is 6.33. The molecule has 0 amide bonds. The van der Waals surface area contributed by atoms with Crippen LogP contribution in [-0.4, -0.2) is 28.6 Å². The predicted octanol–water partition coefficient (Wildman–Crippen LogP) is 1.82. The monoisotopic (exact) mass is 279 g/mol. The lowest BCUT2D eigenvalue weighted by molar-refractivity contribution is 0.753. The van der Waals surface area contributed by atoms with Gasteiger partial charge in [0.25, 0.3) is 0 Å². The van der Waals surface area contributed by atoms with Crippen molar-refractivity contribution in [2.24, 2.45) is 7.05 Å². The van der Waals surface area contributed by atoms with Crippen LogP contribution in [0.2, 0.25) is 5.02 Å². The van der Waals surface area contributed by atoms with Gasteiger partial charge in [0.1, 0.15) is 11.6 Å². The quantitative estimate of drug-likeness (QED) is 0.907. The lowest BCUT2D eigenvalue weighted by Crippen LogP contribution is -2.20. The van der Waals surface area contributed by atoms with Crippen molar-refractivity contribution in [1.29, 1.82) is 0 Å². The molecule has 6 heteroatoms. The van der Waals surface area contributed by atoms with E-state index in [9.17, 15) is 0 Å². The molecule has 0 aliphatic heterocycles. The number of nitrogens with zero attached hydrogens (tertiary/aromatic N) is 4. The molecule has 0 saturated heterocycles. The largest absolute Gasteiger partial charge is 0.351 e. The van der Waals surface area contributed by atoms with E-state index in [1.165, 1.54) is 0 Å². The number of halogens is 1. The zero-order valence-corrected chi connectivity index (χ0v) is 12.1. The first-order valence-electron chi connectivity index (χ1n) is 6.08. The zero-order valence-electron chi connectivity index (χ0n) is 11.4. The average molecular weight is 280 g/mol. The Bertz CT molecular complexity index is 552. The molecule has 0 aliphatic rings. The van der Waals surface area contributed by atoms with Gasteiger partial charge in [0.2, 0.25) is 0 Å². The molecule has 2 heterocycles. The molecule has 19 heavy (non-hydrogen) atoms. The maximum atomic E-state index is 6.28. The van der Waals surface area contributed by atoms with Crippen LogP contribution < -0.4 is 10.2 Å². The third-order valence-corrected chi connectivity index (χ3v) is 3.20. The number of nitrogens with one attached hydrogen (secondary N) is 1. The summed E-state index contributed by atoms with van der Waals surface area (Å²) in [7, 11) is 5.83. The molecule has 0 bridgehead atoms. The molecule has 2 rings (SSSR count). The predicted molar refractivity (Wildman–Crippen MR) is 77.3 cm³/mol. The van der Waals surface area contributed by atoms with Crippen molar-refractivity contribution in [2.75, 3.05) is 19.0 Å². The number of pyridine rings is 1. The standard InChI is InChI=1S/C13H18ClN5/c1-15-7-10-6-11(14)13(17-8-10)19(3)9-12-16-4-5-18(12)2/h4-6,8,15H,7,9H2,1-3H3. The summed E-state index contributed by atoms with van der Waals surface area (Å²) in [4.78, 5) is 10.7. The fourth-order valence-corrected chi connectivity index (χ4v) is 2.22. The Balaban J connectivity index is 2.15. The minimum absolute atomic E-state index is 0.657. The lowest BCUT2D eigenvalue weighted by Gasteiger charge is -2.19. The van der Waals surface area contributed by atoms with Crippen molar-refractivity contribution in [3.05, 3.63) is 41.1 Å². The summed E-state index contributed by atoms with van der Waals surface area (Å²) in [5.41, 5.74) is 1.07. The van der Waals surface area contributed by atoms with Gasteiger partial charge in [-0.3, -0.25) is 0 Å². The number of imidazole rings is 1. The van der Waals surface area contributed by atoms with E-state index < -0.39 is 0 Å². The molecule has 0 aliphatic carbocycles. The topological polar surface area (TPSA) is 46.0 Å². The van der Waals surface area contributed by atoms with E-state index in [4.69, 9.17) is 11.6 Å². The zero-order chi connectivity index (χ0) is 13.8. The number of aryl methyl sites for hydroxylation is 1. The minimum Gasteiger partial charge on any atom is -0.351 e. The minimum atomic E-state index is 0.657. The summed E-state index contributed by atoms with van der Waals surface area (Å²) in [6, 6.07) is 1.94. The number of rotatable bonds is 5. The van der Waals surface area contributed by atoms with Gasteiger partial charge in [-0.2, -0.15) is 0 Å². The molecule has 5 nitrogen and oxygen atoms in total. The third kappa shape index (κ3) is 3.24. The highest BCUT2D eigenvalue weighted by Crippen LogP contribution is 2.24. The Kier molecular flexibility index (Phi) is 4.39. The summed E-state index contributed by atoms with van der Waals surface area (Å²) in [6.07, 6.45) is 5.55. The SMILES string of the molecule is CNCc1cnc(N(C)Cc2nccn2C)c(Cl)c1. The van der Waals surface area contributed by atoms with Crippen LogP contribution in [0.4, 0.5) is 5.82 Å². The van der Waals surface area contributed by atoms with Gasteiger partial charge in [-0.05, 0) is 18.7 Å². The molecule has 0 fully saturated rings. The van der Waals surface area contributed by atoms with Gasteiger partial charge in [0.05, 0.1) is 11.6 Å². The molecule has 2 aromatic heterocycles. The van der Waals surface area contributed by atoms with Gasteiger partial charge in [0, 0.05) is 39.2 Å². The van der Waals surface area contributed by atoms with Gasteiger partial charge in [-0.15, -0.1) is 0 Å². The second-order valence-electron chi connectivity index (χ2n) is 4.49. The Hall–Kier alpha value is -1.59. The van der Waals surface area contributed by atoms with Crippen molar-refractivity contribution in [2.45, 2.75) is 13.1 Å². The molecule has 0 aromatic carbocycles. The van der Waals surface area contributed by atoms with Crippen LogP contribution in [-0.2, 0) is 20.1 Å². The first-order chi connectivity index (χ1) is 9.11. The number of aromatic nitrogens is 3. The average Bonchev–Trinajstić information content (AvgIpc) is 2.75. The van der Waals surface area contributed by atoms with Crippen LogP contribution in [0.15, 0.2) is 24.7 Å². The van der Waals surface area contributed by atoms with E-state index in [0.29, 0.717) is 11.6 Å². The maximum Gasteiger partial charge on any atom is 0.147 e. The molecule has 102 valence electrons. The third-order valence-electron chi connectivity index (χ3n) is 2.92. The van der Waals surface area contributed by atoms with Gasteiger partial charge in [-0.25, -0.2) is 9.97 Å². The Morgan fingerprint density at radius 2 is 2.21 bits per heavy atom.